The lowest BCUT2D eigenvalue weighted by Crippen LogP contribution is -2.44. The minimum absolute atomic E-state index is 0.0129. The number of benzene rings is 1. The lowest BCUT2D eigenvalue weighted by molar-refractivity contribution is -0.386. The van der Waals surface area contributed by atoms with Crippen molar-refractivity contribution in [2.75, 3.05) is 18.6 Å². The van der Waals surface area contributed by atoms with Crippen LogP contribution in [0.5, 0.6) is 5.75 Å². The summed E-state index contributed by atoms with van der Waals surface area (Å²) < 4.78 is 28.5. The van der Waals surface area contributed by atoms with Gasteiger partial charge < -0.3 is 9.64 Å². The van der Waals surface area contributed by atoms with Crippen molar-refractivity contribution in [3.05, 3.63) is 33.9 Å². The van der Waals surface area contributed by atoms with Gasteiger partial charge in [-0.25, -0.2) is 8.42 Å². The average molecular weight is 356 g/mol. The first-order valence-corrected chi connectivity index (χ1v) is 9.31. The van der Waals surface area contributed by atoms with Gasteiger partial charge in [-0.05, 0) is 31.9 Å². The zero-order valence-corrected chi connectivity index (χ0v) is 14.6. The first kappa shape index (κ1) is 18.2. The van der Waals surface area contributed by atoms with E-state index in [1.54, 1.807) is 13.0 Å². The van der Waals surface area contributed by atoms with E-state index in [2.05, 4.69) is 0 Å². The van der Waals surface area contributed by atoms with E-state index in [0.717, 1.165) is 0 Å². The number of amides is 1. The molecule has 0 unspecified atom stereocenters. The van der Waals surface area contributed by atoms with Crippen LogP contribution in [0, 0.1) is 17.0 Å². The summed E-state index contributed by atoms with van der Waals surface area (Å²) in [6, 6.07) is 4.10. The van der Waals surface area contributed by atoms with Crippen molar-refractivity contribution in [3.8, 4) is 5.75 Å². The molecule has 1 heterocycles. The third-order valence-electron chi connectivity index (χ3n) is 4.07. The SMILES string of the molecule is Cc1ccc(O[C@@H](C)C(=O)N(C)[C@H]2CCS(=O)(=O)C2)c([N+](=O)[O-])c1. The Hall–Kier alpha value is -2.16. The zero-order valence-electron chi connectivity index (χ0n) is 13.8. The number of sulfone groups is 1. The number of hydrogen-bond donors (Lipinski definition) is 0. The quantitative estimate of drug-likeness (QED) is 0.582. The molecular weight excluding hydrogens is 336 g/mol. The van der Waals surface area contributed by atoms with Gasteiger partial charge in [0.1, 0.15) is 0 Å². The van der Waals surface area contributed by atoms with E-state index in [1.165, 1.54) is 31.0 Å². The number of nitrogens with zero attached hydrogens (tertiary/aromatic N) is 2. The molecule has 0 spiro atoms. The zero-order chi connectivity index (χ0) is 18.1. The van der Waals surface area contributed by atoms with Gasteiger partial charge in [0, 0.05) is 19.2 Å². The van der Waals surface area contributed by atoms with E-state index in [9.17, 15) is 23.3 Å². The Morgan fingerprint density at radius 2 is 2.12 bits per heavy atom. The third-order valence-corrected chi connectivity index (χ3v) is 5.82. The summed E-state index contributed by atoms with van der Waals surface area (Å²) in [7, 11) is -1.58. The molecular formula is C15H20N2O6S. The number of aryl methyl sites for hydroxylation is 1. The van der Waals surface area contributed by atoms with Gasteiger partial charge in [0.15, 0.2) is 21.7 Å². The molecule has 9 heteroatoms. The highest BCUT2D eigenvalue weighted by atomic mass is 32.2. The smallest absolute Gasteiger partial charge is 0.311 e. The second-order valence-electron chi connectivity index (χ2n) is 5.99. The molecule has 0 radical (unpaired) electrons. The fraction of sp³-hybridized carbons (Fsp3) is 0.533. The van der Waals surface area contributed by atoms with Crippen LogP contribution < -0.4 is 4.74 Å². The standard InChI is InChI=1S/C15H20N2O6S/c1-10-4-5-14(13(8-10)17(19)20)23-11(2)15(18)16(3)12-6-7-24(21,22)9-12/h4-5,8,11-12H,6-7,9H2,1-3H3/t11-,12-/m0/s1. The Labute approximate surface area is 140 Å². The average Bonchev–Trinajstić information content (AvgIpc) is 2.87. The molecule has 8 nitrogen and oxygen atoms in total. The molecule has 0 aliphatic carbocycles. The van der Waals surface area contributed by atoms with Gasteiger partial charge >= 0.3 is 5.69 Å². The van der Waals surface area contributed by atoms with Gasteiger partial charge in [-0.15, -0.1) is 0 Å². The number of ether oxygens (including phenoxy) is 1. The van der Waals surface area contributed by atoms with Gasteiger partial charge in [-0.3, -0.25) is 14.9 Å². The monoisotopic (exact) mass is 356 g/mol. The first-order chi connectivity index (χ1) is 11.1. The normalized spacial score (nSPS) is 20.4. The van der Waals surface area contributed by atoms with Crippen molar-refractivity contribution in [2.45, 2.75) is 32.4 Å². The van der Waals surface area contributed by atoms with Gasteiger partial charge in [0.25, 0.3) is 5.91 Å². The fourth-order valence-corrected chi connectivity index (χ4v) is 4.43. The highest BCUT2D eigenvalue weighted by Crippen LogP contribution is 2.29. The Kier molecular flexibility index (Phi) is 5.12. The van der Waals surface area contributed by atoms with Crippen molar-refractivity contribution in [1.82, 2.24) is 4.90 Å². The maximum atomic E-state index is 12.4. The molecule has 1 fully saturated rings. The summed E-state index contributed by atoms with van der Waals surface area (Å²) in [5, 5.41) is 11.1. The summed E-state index contributed by atoms with van der Waals surface area (Å²) in [5.41, 5.74) is 0.502. The Morgan fingerprint density at radius 1 is 1.46 bits per heavy atom. The van der Waals surface area contributed by atoms with Crippen molar-refractivity contribution in [2.24, 2.45) is 0 Å². The van der Waals surface area contributed by atoms with Crippen LogP contribution in [0.15, 0.2) is 18.2 Å². The van der Waals surface area contributed by atoms with Gasteiger partial charge in [0.2, 0.25) is 0 Å². The van der Waals surface area contributed by atoms with Crippen molar-refractivity contribution in [1.29, 1.82) is 0 Å². The lowest BCUT2D eigenvalue weighted by atomic mass is 10.2. The van der Waals surface area contributed by atoms with E-state index in [4.69, 9.17) is 4.74 Å². The highest BCUT2D eigenvalue weighted by Gasteiger charge is 2.35. The Balaban J connectivity index is 2.11. The molecule has 1 saturated heterocycles. The molecule has 0 aromatic heterocycles. The second-order valence-corrected chi connectivity index (χ2v) is 8.22. The van der Waals surface area contributed by atoms with Crippen LogP contribution in [-0.2, 0) is 14.6 Å². The molecule has 132 valence electrons. The second kappa shape index (κ2) is 6.76. The number of nitro groups is 1. The minimum Gasteiger partial charge on any atom is -0.474 e. The number of hydrogen-bond acceptors (Lipinski definition) is 6. The van der Waals surface area contributed by atoms with Crippen molar-refractivity contribution in [3.63, 3.8) is 0 Å². The van der Waals surface area contributed by atoms with Crippen LogP contribution in [0.3, 0.4) is 0 Å². The van der Waals surface area contributed by atoms with Crippen molar-refractivity contribution < 1.29 is 22.9 Å². The summed E-state index contributed by atoms with van der Waals surface area (Å²) in [6.07, 6.45) is -0.568. The molecule has 1 amide bonds. The fourth-order valence-electron chi connectivity index (χ4n) is 2.66. The van der Waals surface area contributed by atoms with Crippen LogP contribution in [0.2, 0.25) is 0 Å². The largest absolute Gasteiger partial charge is 0.474 e. The van der Waals surface area contributed by atoms with Crippen LogP contribution in [0.25, 0.3) is 0 Å². The van der Waals surface area contributed by atoms with E-state index < -0.39 is 26.8 Å². The summed E-state index contributed by atoms with van der Waals surface area (Å²) in [6.45, 7) is 3.21. The molecule has 1 aromatic rings. The molecule has 0 saturated carbocycles. The summed E-state index contributed by atoms with van der Waals surface area (Å²) in [4.78, 5) is 24.3. The third kappa shape index (κ3) is 4.02. The molecule has 2 atom stereocenters. The van der Waals surface area contributed by atoms with Crippen molar-refractivity contribution >= 4 is 21.4 Å². The molecule has 0 N–H and O–H groups in total. The molecule has 1 aromatic carbocycles. The first-order valence-electron chi connectivity index (χ1n) is 7.49. The van der Waals surface area contributed by atoms with E-state index >= 15 is 0 Å². The van der Waals surface area contributed by atoms with E-state index in [1.807, 2.05) is 0 Å². The molecule has 1 aliphatic rings. The van der Waals surface area contributed by atoms with Crippen LogP contribution in [0.4, 0.5) is 5.69 Å². The van der Waals surface area contributed by atoms with Gasteiger partial charge in [-0.1, -0.05) is 6.07 Å². The predicted octanol–water partition coefficient (Wildman–Crippen LogP) is 1.32. The van der Waals surface area contributed by atoms with Gasteiger partial charge in [-0.2, -0.15) is 0 Å². The number of nitro benzene ring substituents is 1. The number of rotatable bonds is 5. The Bertz CT molecular complexity index is 761. The van der Waals surface area contributed by atoms with Crippen LogP contribution in [0.1, 0.15) is 18.9 Å². The van der Waals surface area contributed by atoms with Gasteiger partial charge in [0.05, 0.1) is 16.4 Å². The summed E-state index contributed by atoms with van der Waals surface area (Å²) in [5.74, 6) is -0.397. The maximum absolute atomic E-state index is 12.4. The Morgan fingerprint density at radius 3 is 2.67 bits per heavy atom. The minimum atomic E-state index is -3.11. The number of likely N-dealkylation sites (N-methyl/N-ethyl adjacent to an activating group) is 1. The van der Waals surface area contributed by atoms with E-state index in [-0.39, 0.29) is 29.0 Å². The van der Waals surface area contributed by atoms with Crippen LogP contribution in [-0.4, -0.2) is 54.8 Å². The maximum Gasteiger partial charge on any atom is 0.311 e. The molecule has 0 bridgehead atoms. The predicted molar refractivity (Wildman–Crippen MR) is 87.8 cm³/mol. The molecule has 1 aliphatic heterocycles. The topological polar surface area (TPSA) is 107 Å². The molecule has 24 heavy (non-hydrogen) atoms. The number of carbonyl (C=O) groups is 1. The highest BCUT2D eigenvalue weighted by molar-refractivity contribution is 7.91. The van der Waals surface area contributed by atoms with Crippen LogP contribution >= 0.6 is 0 Å². The summed E-state index contributed by atoms with van der Waals surface area (Å²) >= 11 is 0. The lowest BCUT2D eigenvalue weighted by Gasteiger charge is -2.26. The molecule has 2 rings (SSSR count). The van der Waals surface area contributed by atoms with E-state index in [0.29, 0.717) is 12.0 Å². The number of carbonyl (C=O) groups excluding carboxylic acids is 1.